The van der Waals surface area contributed by atoms with Crippen molar-refractivity contribution < 1.29 is 14.4 Å². The lowest BCUT2D eigenvalue weighted by Crippen LogP contribution is -2.40. The first kappa shape index (κ1) is 18.2. The van der Waals surface area contributed by atoms with Gasteiger partial charge in [-0.3, -0.25) is 14.4 Å². The molecule has 1 aromatic rings. The van der Waals surface area contributed by atoms with Gasteiger partial charge in [-0.1, -0.05) is 12.1 Å². The van der Waals surface area contributed by atoms with E-state index in [0.717, 1.165) is 51.9 Å². The fraction of sp³-hybridized carbons (Fsp3) is 0.526. The second-order valence-electron chi connectivity index (χ2n) is 6.76. The highest BCUT2D eigenvalue weighted by Gasteiger charge is 2.22. The third-order valence-electron chi connectivity index (χ3n) is 4.89. The molecule has 2 saturated heterocycles. The van der Waals surface area contributed by atoms with Crippen molar-refractivity contribution >= 4 is 23.4 Å². The summed E-state index contributed by atoms with van der Waals surface area (Å²) in [5.74, 6) is -0.309. The summed E-state index contributed by atoms with van der Waals surface area (Å²) in [7, 11) is 0. The molecule has 7 nitrogen and oxygen atoms in total. The number of nitrogens with one attached hydrogen (secondary N) is 2. The van der Waals surface area contributed by atoms with Crippen LogP contribution in [0.15, 0.2) is 24.3 Å². The van der Waals surface area contributed by atoms with Crippen LogP contribution < -0.4 is 10.6 Å². The van der Waals surface area contributed by atoms with Crippen LogP contribution in [0, 0.1) is 0 Å². The minimum absolute atomic E-state index is 0.00443. The van der Waals surface area contributed by atoms with Crippen molar-refractivity contribution in [1.82, 2.24) is 15.1 Å². The quantitative estimate of drug-likeness (QED) is 0.797. The van der Waals surface area contributed by atoms with Crippen LogP contribution in [0.25, 0.3) is 0 Å². The third-order valence-corrected chi connectivity index (χ3v) is 4.89. The van der Waals surface area contributed by atoms with E-state index in [0.29, 0.717) is 11.3 Å². The van der Waals surface area contributed by atoms with Crippen LogP contribution in [-0.4, -0.2) is 66.8 Å². The van der Waals surface area contributed by atoms with E-state index in [-0.39, 0.29) is 30.8 Å². The Morgan fingerprint density at radius 1 is 0.846 bits per heavy atom. The van der Waals surface area contributed by atoms with Gasteiger partial charge in [-0.05, 0) is 37.8 Å². The van der Waals surface area contributed by atoms with Crippen molar-refractivity contribution in [3.8, 4) is 0 Å². The van der Waals surface area contributed by atoms with Crippen molar-refractivity contribution in [2.75, 3.05) is 44.6 Å². The zero-order valence-corrected chi connectivity index (χ0v) is 15.0. The molecular formula is C19H26N4O3. The number of benzene rings is 1. The lowest BCUT2D eigenvalue weighted by Gasteiger charge is -2.18. The van der Waals surface area contributed by atoms with Gasteiger partial charge in [0, 0.05) is 31.9 Å². The number of likely N-dealkylation sites (tertiary alicyclic amines) is 2. The highest BCUT2D eigenvalue weighted by atomic mass is 16.2. The molecule has 3 rings (SSSR count). The highest BCUT2D eigenvalue weighted by Crippen LogP contribution is 2.19. The molecule has 0 atom stereocenters. The third kappa shape index (κ3) is 4.53. The van der Waals surface area contributed by atoms with Crippen molar-refractivity contribution in [2.45, 2.75) is 25.7 Å². The van der Waals surface area contributed by atoms with E-state index in [4.69, 9.17) is 0 Å². The molecule has 7 heteroatoms. The van der Waals surface area contributed by atoms with Crippen LogP contribution in [0.4, 0.5) is 5.69 Å². The van der Waals surface area contributed by atoms with Crippen LogP contribution in [0.3, 0.4) is 0 Å². The standard InChI is InChI=1S/C19H26N4O3/c24-17(21-14-18(25)22-9-3-4-10-22)13-20-16-8-2-1-7-15(16)19(26)23-11-5-6-12-23/h1-2,7-8,20H,3-6,9-14H2,(H,21,24). The van der Waals surface area contributed by atoms with Gasteiger partial charge in [0.25, 0.3) is 5.91 Å². The van der Waals surface area contributed by atoms with Crippen LogP contribution in [0.5, 0.6) is 0 Å². The summed E-state index contributed by atoms with van der Waals surface area (Å²) in [6, 6.07) is 7.23. The number of carbonyl (C=O) groups is 3. The molecule has 2 aliphatic heterocycles. The van der Waals surface area contributed by atoms with Gasteiger partial charge in [0.05, 0.1) is 18.7 Å². The van der Waals surface area contributed by atoms with Crippen LogP contribution >= 0.6 is 0 Å². The Morgan fingerprint density at radius 2 is 1.46 bits per heavy atom. The molecule has 2 fully saturated rings. The van der Waals surface area contributed by atoms with Gasteiger partial charge < -0.3 is 20.4 Å². The summed E-state index contributed by atoms with van der Waals surface area (Å²) in [4.78, 5) is 40.2. The van der Waals surface area contributed by atoms with Gasteiger partial charge in [0.15, 0.2) is 0 Å². The van der Waals surface area contributed by atoms with Gasteiger partial charge in [-0.25, -0.2) is 0 Å². The molecule has 1 aromatic carbocycles. The zero-order valence-electron chi connectivity index (χ0n) is 15.0. The van der Waals surface area contributed by atoms with E-state index in [9.17, 15) is 14.4 Å². The maximum Gasteiger partial charge on any atom is 0.255 e. The normalized spacial score (nSPS) is 16.6. The molecule has 140 valence electrons. The van der Waals surface area contributed by atoms with Crippen molar-refractivity contribution in [3.05, 3.63) is 29.8 Å². The summed E-state index contributed by atoms with van der Waals surface area (Å²) in [6.07, 6.45) is 4.13. The molecule has 2 N–H and O–H groups in total. The Morgan fingerprint density at radius 3 is 2.15 bits per heavy atom. The molecule has 0 bridgehead atoms. The average molecular weight is 358 g/mol. The summed E-state index contributed by atoms with van der Waals surface area (Å²) >= 11 is 0. The average Bonchev–Trinajstić information content (AvgIpc) is 3.38. The Balaban J connectivity index is 1.50. The van der Waals surface area contributed by atoms with Gasteiger partial charge in [0.2, 0.25) is 11.8 Å². The number of anilines is 1. The molecule has 26 heavy (non-hydrogen) atoms. The number of para-hydroxylation sites is 1. The molecule has 0 spiro atoms. The molecule has 3 amide bonds. The van der Waals surface area contributed by atoms with Gasteiger partial charge >= 0.3 is 0 Å². The summed E-state index contributed by atoms with van der Waals surface area (Å²) in [5, 5.41) is 5.67. The van der Waals surface area contributed by atoms with Crippen LogP contribution in [0.1, 0.15) is 36.0 Å². The molecule has 0 saturated carbocycles. The Bertz CT molecular complexity index is 665. The molecule has 2 aliphatic rings. The second kappa shape index (κ2) is 8.69. The van der Waals surface area contributed by atoms with Gasteiger partial charge in [-0.2, -0.15) is 0 Å². The molecular weight excluding hydrogens is 332 g/mol. The van der Waals surface area contributed by atoms with E-state index in [1.54, 1.807) is 17.0 Å². The maximum absolute atomic E-state index is 12.6. The Kier molecular flexibility index (Phi) is 6.09. The monoisotopic (exact) mass is 358 g/mol. The fourth-order valence-electron chi connectivity index (χ4n) is 3.40. The largest absolute Gasteiger partial charge is 0.376 e. The van der Waals surface area contributed by atoms with E-state index in [1.807, 2.05) is 17.0 Å². The number of hydrogen-bond donors (Lipinski definition) is 2. The predicted molar refractivity (Wildman–Crippen MR) is 98.9 cm³/mol. The second-order valence-corrected chi connectivity index (χ2v) is 6.76. The molecule has 2 heterocycles. The molecule has 0 radical (unpaired) electrons. The smallest absolute Gasteiger partial charge is 0.255 e. The van der Waals surface area contributed by atoms with Crippen LogP contribution in [-0.2, 0) is 9.59 Å². The van der Waals surface area contributed by atoms with Crippen molar-refractivity contribution in [2.24, 2.45) is 0 Å². The topological polar surface area (TPSA) is 81.8 Å². The first-order valence-electron chi connectivity index (χ1n) is 9.32. The van der Waals surface area contributed by atoms with Gasteiger partial charge in [0.1, 0.15) is 0 Å². The summed E-state index contributed by atoms with van der Waals surface area (Å²) in [6.45, 7) is 3.17. The fourth-order valence-corrected chi connectivity index (χ4v) is 3.40. The Hall–Kier alpha value is -2.57. The molecule has 0 aliphatic carbocycles. The van der Waals surface area contributed by atoms with Crippen molar-refractivity contribution in [1.29, 1.82) is 0 Å². The number of hydrogen-bond acceptors (Lipinski definition) is 4. The number of nitrogens with zero attached hydrogens (tertiary/aromatic N) is 2. The van der Waals surface area contributed by atoms with Crippen molar-refractivity contribution in [3.63, 3.8) is 0 Å². The minimum Gasteiger partial charge on any atom is -0.376 e. The lowest BCUT2D eigenvalue weighted by molar-refractivity contribution is -0.131. The number of amides is 3. The minimum atomic E-state index is -0.263. The number of carbonyl (C=O) groups excluding carboxylic acids is 3. The predicted octanol–water partition coefficient (Wildman–Crippen LogP) is 1.07. The van der Waals surface area contributed by atoms with E-state index < -0.39 is 0 Å². The maximum atomic E-state index is 12.6. The summed E-state index contributed by atoms with van der Waals surface area (Å²) < 4.78 is 0. The molecule has 0 aromatic heterocycles. The molecule has 0 unspecified atom stereocenters. The highest BCUT2D eigenvalue weighted by molar-refractivity contribution is 6.00. The SMILES string of the molecule is O=C(CNc1ccccc1C(=O)N1CCCC1)NCC(=O)N1CCCC1. The first-order valence-corrected chi connectivity index (χ1v) is 9.32. The zero-order chi connectivity index (χ0) is 18.4. The van der Waals surface area contributed by atoms with E-state index in [2.05, 4.69) is 10.6 Å². The van der Waals surface area contributed by atoms with Crippen LogP contribution in [0.2, 0.25) is 0 Å². The lowest BCUT2D eigenvalue weighted by atomic mass is 10.1. The summed E-state index contributed by atoms with van der Waals surface area (Å²) in [5.41, 5.74) is 1.22. The van der Waals surface area contributed by atoms with E-state index >= 15 is 0 Å². The number of rotatable bonds is 6. The first-order chi connectivity index (χ1) is 12.6. The van der Waals surface area contributed by atoms with E-state index in [1.165, 1.54) is 0 Å². The Labute approximate surface area is 153 Å². The van der Waals surface area contributed by atoms with Gasteiger partial charge in [-0.15, -0.1) is 0 Å².